The van der Waals surface area contributed by atoms with Gasteiger partial charge in [0.05, 0.1) is 17.1 Å². The van der Waals surface area contributed by atoms with Gasteiger partial charge in [-0.05, 0) is 20.8 Å². The lowest BCUT2D eigenvalue weighted by Crippen LogP contribution is -2.48. The molecule has 8 heteroatoms. The molecular formula is C12H18N4O4. The highest BCUT2D eigenvalue weighted by Gasteiger charge is 2.34. The van der Waals surface area contributed by atoms with Crippen LogP contribution in [-0.4, -0.2) is 50.8 Å². The van der Waals surface area contributed by atoms with Crippen molar-refractivity contribution in [2.75, 3.05) is 13.1 Å². The van der Waals surface area contributed by atoms with Crippen molar-refractivity contribution in [2.24, 2.45) is 7.05 Å². The van der Waals surface area contributed by atoms with E-state index in [0.29, 0.717) is 18.8 Å². The lowest BCUT2D eigenvalue weighted by Gasteiger charge is -2.34. The number of amides is 1. The number of hydrogen-bond acceptors (Lipinski definition) is 5. The molecule has 0 aromatic carbocycles. The second-order valence-electron chi connectivity index (χ2n) is 5.13. The van der Waals surface area contributed by atoms with Gasteiger partial charge in [0.2, 0.25) is 5.69 Å². The summed E-state index contributed by atoms with van der Waals surface area (Å²) in [5.41, 5.74) is 0.0494. The van der Waals surface area contributed by atoms with Gasteiger partial charge in [0, 0.05) is 20.1 Å². The van der Waals surface area contributed by atoms with E-state index in [1.165, 1.54) is 4.68 Å². The number of hydrogen-bond donors (Lipinski definition) is 0. The van der Waals surface area contributed by atoms with Gasteiger partial charge < -0.3 is 9.64 Å². The van der Waals surface area contributed by atoms with Crippen LogP contribution in [0.4, 0.5) is 5.69 Å². The van der Waals surface area contributed by atoms with Crippen LogP contribution in [0, 0.1) is 17.0 Å². The van der Waals surface area contributed by atoms with Crippen LogP contribution in [0.25, 0.3) is 0 Å². The van der Waals surface area contributed by atoms with E-state index in [-0.39, 0.29) is 23.6 Å². The molecule has 20 heavy (non-hydrogen) atoms. The Morgan fingerprint density at radius 2 is 1.95 bits per heavy atom. The first-order chi connectivity index (χ1) is 9.31. The zero-order valence-corrected chi connectivity index (χ0v) is 12.0. The van der Waals surface area contributed by atoms with Gasteiger partial charge >= 0.3 is 5.69 Å². The van der Waals surface area contributed by atoms with Crippen molar-refractivity contribution in [3.63, 3.8) is 0 Å². The van der Waals surface area contributed by atoms with Crippen LogP contribution in [-0.2, 0) is 11.8 Å². The zero-order chi connectivity index (χ0) is 15.0. The second kappa shape index (κ2) is 5.20. The van der Waals surface area contributed by atoms with Gasteiger partial charge in [-0.25, -0.2) is 0 Å². The molecule has 1 saturated heterocycles. The molecule has 1 aromatic rings. The monoisotopic (exact) mass is 282 g/mol. The molecule has 1 aromatic heterocycles. The SMILES string of the molecule is Cc1c([N+](=O)[O-])c(C(=O)N2C[C@@H](C)O[C@H](C)C2)nn1C. The third-order valence-corrected chi connectivity index (χ3v) is 3.39. The molecule has 0 unspecified atom stereocenters. The molecule has 1 amide bonds. The largest absolute Gasteiger partial charge is 0.372 e. The lowest BCUT2D eigenvalue weighted by molar-refractivity contribution is -0.385. The van der Waals surface area contributed by atoms with Gasteiger partial charge in [-0.3, -0.25) is 19.6 Å². The molecule has 2 heterocycles. The summed E-state index contributed by atoms with van der Waals surface area (Å²) in [6, 6.07) is 0. The Hall–Kier alpha value is -1.96. The fourth-order valence-corrected chi connectivity index (χ4v) is 2.45. The Balaban J connectivity index is 2.34. The maximum Gasteiger partial charge on any atom is 0.322 e. The van der Waals surface area contributed by atoms with Crippen LogP contribution in [0.3, 0.4) is 0 Å². The first-order valence-corrected chi connectivity index (χ1v) is 6.44. The molecule has 0 spiro atoms. The van der Waals surface area contributed by atoms with E-state index in [1.54, 1.807) is 18.9 Å². The fraction of sp³-hybridized carbons (Fsp3) is 0.667. The minimum absolute atomic E-state index is 0.0911. The first kappa shape index (κ1) is 14.4. The Labute approximate surface area is 116 Å². The summed E-state index contributed by atoms with van der Waals surface area (Å²) in [6.07, 6.45) is -0.182. The van der Waals surface area contributed by atoms with Crippen LogP contribution >= 0.6 is 0 Å². The molecule has 1 aliphatic rings. The quantitative estimate of drug-likeness (QED) is 0.593. The van der Waals surface area contributed by atoms with Crippen molar-refractivity contribution in [2.45, 2.75) is 33.0 Å². The van der Waals surface area contributed by atoms with E-state index in [4.69, 9.17) is 4.74 Å². The summed E-state index contributed by atoms with van der Waals surface area (Å²) < 4.78 is 6.92. The van der Waals surface area contributed by atoms with E-state index in [9.17, 15) is 14.9 Å². The summed E-state index contributed by atoms with van der Waals surface area (Å²) in [5.74, 6) is -0.414. The van der Waals surface area contributed by atoms with Crippen molar-refractivity contribution in [1.29, 1.82) is 0 Å². The van der Waals surface area contributed by atoms with Crippen LogP contribution in [0.15, 0.2) is 0 Å². The number of carbonyl (C=O) groups is 1. The number of carbonyl (C=O) groups excluding carboxylic acids is 1. The Morgan fingerprint density at radius 1 is 1.40 bits per heavy atom. The summed E-state index contributed by atoms with van der Waals surface area (Å²) >= 11 is 0. The summed E-state index contributed by atoms with van der Waals surface area (Å²) in [7, 11) is 1.59. The molecular weight excluding hydrogens is 264 g/mol. The molecule has 0 radical (unpaired) electrons. The maximum atomic E-state index is 12.5. The number of morpholine rings is 1. The van der Waals surface area contributed by atoms with E-state index in [1.807, 2.05) is 13.8 Å². The fourth-order valence-electron chi connectivity index (χ4n) is 2.45. The van der Waals surface area contributed by atoms with Gasteiger partial charge in [0.25, 0.3) is 5.91 Å². The van der Waals surface area contributed by atoms with Crippen LogP contribution in [0.5, 0.6) is 0 Å². The average molecular weight is 282 g/mol. The molecule has 1 fully saturated rings. The number of ether oxygens (including phenoxy) is 1. The van der Waals surface area contributed by atoms with Gasteiger partial charge in [-0.1, -0.05) is 0 Å². The Bertz CT molecular complexity index is 544. The molecule has 0 bridgehead atoms. The predicted octanol–water partition coefficient (Wildman–Crippen LogP) is 0.886. The zero-order valence-electron chi connectivity index (χ0n) is 12.0. The standard InChI is InChI=1S/C12H18N4O4/c1-7-5-15(6-8(2)20-7)12(17)10-11(16(18)19)9(3)14(4)13-10/h7-8H,5-6H2,1-4H3/t7-,8-/m1/s1. The molecule has 1 aliphatic heterocycles. The topological polar surface area (TPSA) is 90.5 Å². The van der Waals surface area contributed by atoms with Gasteiger partial charge in [0.15, 0.2) is 0 Å². The highest BCUT2D eigenvalue weighted by molar-refractivity contribution is 5.96. The smallest absolute Gasteiger partial charge is 0.322 e. The van der Waals surface area contributed by atoms with E-state index < -0.39 is 10.8 Å². The minimum Gasteiger partial charge on any atom is -0.372 e. The molecule has 110 valence electrons. The van der Waals surface area contributed by atoms with Crippen LogP contribution in [0.2, 0.25) is 0 Å². The Kier molecular flexibility index (Phi) is 3.76. The van der Waals surface area contributed by atoms with E-state index >= 15 is 0 Å². The minimum atomic E-state index is -0.553. The van der Waals surface area contributed by atoms with Crippen molar-refractivity contribution < 1.29 is 14.5 Å². The molecule has 8 nitrogen and oxygen atoms in total. The van der Waals surface area contributed by atoms with Gasteiger partial charge in [-0.2, -0.15) is 5.10 Å². The van der Waals surface area contributed by atoms with Crippen molar-refractivity contribution in [3.05, 3.63) is 21.5 Å². The highest BCUT2D eigenvalue weighted by Crippen LogP contribution is 2.24. The molecule has 2 atom stereocenters. The van der Waals surface area contributed by atoms with E-state index in [2.05, 4.69) is 5.10 Å². The van der Waals surface area contributed by atoms with Gasteiger partial charge in [-0.15, -0.1) is 0 Å². The third kappa shape index (κ3) is 2.51. The number of aryl methyl sites for hydroxylation is 1. The molecule has 0 N–H and O–H groups in total. The first-order valence-electron chi connectivity index (χ1n) is 6.44. The van der Waals surface area contributed by atoms with E-state index in [0.717, 1.165) is 0 Å². The number of nitro groups is 1. The van der Waals surface area contributed by atoms with Crippen molar-refractivity contribution in [3.8, 4) is 0 Å². The normalized spacial score (nSPS) is 22.9. The molecule has 0 saturated carbocycles. The maximum absolute atomic E-state index is 12.5. The number of nitrogens with zero attached hydrogens (tertiary/aromatic N) is 4. The van der Waals surface area contributed by atoms with Crippen LogP contribution in [0.1, 0.15) is 30.0 Å². The van der Waals surface area contributed by atoms with Crippen molar-refractivity contribution in [1.82, 2.24) is 14.7 Å². The lowest BCUT2D eigenvalue weighted by atomic mass is 10.2. The van der Waals surface area contributed by atoms with Gasteiger partial charge in [0.1, 0.15) is 5.69 Å². The second-order valence-corrected chi connectivity index (χ2v) is 5.13. The summed E-state index contributed by atoms with van der Waals surface area (Å²) in [5, 5.41) is 15.1. The highest BCUT2D eigenvalue weighted by atomic mass is 16.6. The average Bonchev–Trinajstić information content (AvgIpc) is 2.63. The molecule has 2 rings (SSSR count). The number of rotatable bonds is 2. The summed E-state index contributed by atoms with van der Waals surface area (Å²) in [4.78, 5) is 24.6. The predicted molar refractivity (Wildman–Crippen MR) is 70.5 cm³/mol. The summed E-state index contributed by atoms with van der Waals surface area (Å²) in [6.45, 7) is 6.14. The van der Waals surface area contributed by atoms with Crippen LogP contribution < -0.4 is 0 Å². The Morgan fingerprint density at radius 3 is 2.45 bits per heavy atom. The number of aromatic nitrogens is 2. The third-order valence-electron chi connectivity index (χ3n) is 3.39. The van der Waals surface area contributed by atoms with Crippen molar-refractivity contribution >= 4 is 11.6 Å². The molecule has 0 aliphatic carbocycles.